The van der Waals surface area contributed by atoms with E-state index in [1.165, 1.54) is 0 Å². The summed E-state index contributed by atoms with van der Waals surface area (Å²) < 4.78 is 6.14. The van der Waals surface area contributed by atoms with Crippen molar-refractivity contribution in [3.63, 3.8) is 0 Å². The summed E-state index contributed by atoms with van der Waals surface area (Å²) >= 11 is 3.44. The molecule has 25 heavy (non-hydrogen) atoms. The van der Waals surface area contributed by atoms with Crippen LogP contribution in [0.25, 0.3) is 16.6 Å². The van der Waals surface area contributed by atoms with Crippen molar-refractivity contribution < 1.29 is 9.84 Å². The zero-order valence-corrected chi connectivity index (χ0v) is 15.0. The van der Waals surface area contributed by atoms with Crippen LogP contribution in [0, 0.1) is 5.41 Å². The molecule has 4 rings (SSSR count). The Balaban J connectivity index is 1.73. The lowest BCUT2D eigenvalue weighted by Crippen LogP contribution is -2.26. The number of imidazole rings is 1. The van der Waals surface area contributed by atoms with Crippen LogP contribution in [-0.4, -0.2) is 34.6 Å². The number of fused-ring (bicyclic) bond motifs is 1. The molecule has 2 aromatic carbocycles. The van der Waals surface area contributed by atoms with Gasteiger partial charge in [-0.25, -0.2) is 4.98 Å². The van der Waals surface area contributed by atoms with Crippen LogP contribution < -0.4 is 9.64 Å². The number of halogens is 1. The second-order valence-corrected chi connectivity index (χ2v) is 6.62. The van der Waals surface area contributed by atoms with Gasteiger partial charge in [-0.1, -0.05) is 22.0 Å². The zero-order chi connectivity index (χ0) is 17.6. The molecule has 1 aliphatic rings. The molecule has 0 saturated carbocycles. The largest absolute Gasteiger partial charge is 0.509 e. The normalized spacial score (nSPS) is 14.6. The molecule has 6 nitrogen and oxygen atoms in total. The molecule has 1 aliphatic heterocycles. The minimum atomic E-state index is 0.121. The molecule has 0 fully saturated rings. The number of aliphatic hydroxyl groups excluding tert-OH is 1. The number of anilines is 1. The molecular formula is C18H15BrN4O2. The van der Waals surface area contributed by atoms with Crippen molar-refractivity contribution in [2.75, 3.05) is 18.6 Å². The third-order valence-corrected chi connectivity index (χ3v) is 4.64. The molecule has 0 amide bonds. The summed E-state index contributed by atoms with van der Waals surface area (Å²) in [6.07, 6.45) is 0. The van der Waals surface area contributed by atoms with Crippen molar-refractivity contribution in [1.82, 2.24) is 9.97 Å². The van der Waals surface area contributed by atoms with Crippen LogP contribution in [0.3, 0.4) is 0 Å². The Labute approximate surface area is 152 Å². The van der Waals surface area contributed by atoms with Crippen LogP contribution in [0.5, 0.6) is 5.75 Å². The van der Waals surface area contributed by atoms with Crippen LogP contribution >= 0.6 is 15.9 Å². The lowest BCUT2D eigenvalue weighted by Gasteiger charge is -2.18. The van der Waals surface area contributed by atoms with E-state index in [9.17, 15) is 5.11 Å². The maximum Gasteiger partial charge on any atom is 0.145 e. The monoisotopic (exact) mass is 398 g/mol. The van der Waals surface area contributed by atoms with E-state index < -0.39 is 0 Å². The summed E-state index contributed by atoms with van der Waals surface area (Å²) in [6, 6.07) is 13.1. The van der Waals surface area contributed by atoms with E-state index in [0.717, 1.165) is 26.9 Å². The van der Waals surface area contributed by atoms with Crippen molar-refractivity contribution in [1.29, 1.82) is 5.41 Å². The minimum absolute atomic E-state index is 0.121. The standard InChI is InChI=1S/C18H15BrN4O2/c1-25-12-5-6-13-14(8-12)22-18(21-13)16-15(24)9-23(17(16)20)11-4-2-3-10(19)7-11/h2-8,20,24H,9H2,1H3,(H,21,22). The molecule has 2 heterocycles. The summed E-state index contributed by atoms with van der Waals surface area (Å²) in [7, 11) is 1.61. The summed E-state index contributed by atoms with van der Waals surface area (Å²) in [6.45, 7) is 0.241. The predicted molar refractivity (Wildman–Crippen MR) is 101 cm³/mol. The number of hydrogen-bond acceptors (Lipinski definition) is 4. The number of nitrogens with one attached hydrogen (secondary N) is 2. The Hall–Kier alpha value is -2.80. The maximum absolute atomic E-state index is 10.4. The smallest absolute Gasteiger partial charge is 0.145 e. The second-order valence-electron chi connectivity index (χ2n) is 5.70. The van der Waals surface area contributed by atoms with Gasteiger partial charge in [-0.15, -0.1) is 0 Å². The number of hydrogen-bond donors (Lipinski definition) is 3. The molecule has 0 spiro atoms. The predicted octanol–water partition coefficient (Wildman–Crippen LogP) is 4.10. The highest BCUT2D eigenvalue weighted by Gasteiger charge is 2.31. The highest BCUT2D eigenvalue weighted by molar-refractivity contribution is 9.10. The molecule has 0 atom stereocenters. The number of rotatable bonds is 3. The van der Waals surface area contributed by atoms with Gasteiger partial charge < -0.3 is 19.7 Å². The molecule has 7 heteroatoms. The van der Waals surface area contributed by atoms with E-state index in [4.69, 9.17) is 10.1 Å². The fourth-order valence-corrected chi connectivity index (χ4v) is 3.31. The number of aliphatic hydroxyl groups is 1. The van der Waals surface area contributed by atoms with Crippen LogP contribution in [0.2, 0.25) is 0 Å². The lowest BCUT2D eigenvalue weighted by molar-refractivity contribution is 0.411. The molecule has 1 aromatic heterocycles. The average molecular weight is 399 g/mol. The Morgan fingerprint density at radius 1 is 1.28 bits per heavy atom. The van der Waals surface area contributed by atoms with Gasteiger partial charge >= 0.3 is 0 Å². The number of methoxy groups -OCH3 is 1. The number of amidine groups is 1. The minimum Gasteiger partial charge on any atom is -0.509 e. The molecule has 3 N–H and O–H groups in total. The second kappa shape index (κ2) is 5.93. The summed E-state index contributed by atoms with van der Waals surface area (Å²) in [5.74, 6) is 1.53. The van der Waals surface area contributed by atoms with E-state index in [1.807, 2.05) is 42.5 Å². The first kappa shape index (κ1) is 15.7. The highest BCUT2D eigenvalue weighted by Crippen LogP contribution is 2.32. The lowest BCUT2D eigenvalue weighted by atomic mass is 10.2. The van der Waals surface area contributed by atoms with E-state index in [-0.39, 0.29) is 18.1 Å². The fraction of sp³-hybridized carbons (Fsp3) is 0.111. The maximum atomic E-state index is 10.4. The topological polar surface area (TPSA) is 85.2 Å². The SMILES string of the molecule is COc1ccc2nc(C3=C(O)CN(c4cccc(Br)c4)C3=N)[nH]c2c1. The molecule has 3 aromatic rings. The molecule has 0 bridgehead atoms. The van der Waals surface area contributed by atoms with Gasteiger partial charge in [-0.3, -0.25) is 5.41 Å². The van der Waals surface area contributed by atoms with Gasteiger partial charge in [0.25, 0.3) is 0 Å². The van der Waals surface area contributed by atoms with Gasteiger partial charge in [-0.05, 0) is 30.3 Å². The van der Waals surface area contributed by atoms with E-state index in [2.05, 4.69) is 25.9 Å². The van der Waals surface area contributed by atoms with Crippen molar-refractivity contribution in [2.45, 2.75) is 0 Å². The molecule has 0 unspecified atom stereocenters. The zero-order valence-electron chi connectivity index (χ0n) is 13.4. The van der Waals surface area contributed by atoms with Crippen LogP contribution in [0.1, 0.15) is 5.82 Å². The Morgan fingerprint density at radius 2 is 2.12 bits per heavy atom. The fourth-order valence-electron chi connectivity index (χ4n) is 2.93. The number of ether oxygens (including phenoxy) is 1. The van der Waals surface area contributed by atoms with Gasteiger partial charge in [0.15, 0.2) is 0 Å². The van der Waals surface area contributed by atoms with Gasteiger partial charge in [0.05, 0.1) is 30.3 Å². The molecule has 126 valence electrons. The summed E-state index contributed by atoms with van der Waals surface area (Å²) in [4.78, 5) is 9.42. The Kier molecular flexibility index (Phi) is 3.73. The van der Waals surface area contributed by atoms with Gasteiger partial charge in [0, 0.05) is 16.2 Å². The summed E-state index contributed by atoms with van der Waals surface area (Å²) in [5.41, 5.74) is 2.79. The first-order valence-corrected chi connectivity index (χ1v) is 8.44. The third kappa shape index (κ3) is 2.66. The van der Waals surface area contributed by atoms with Crippen LogP contribution in [0.15, 0.2) is 52.7 Å². The van der Waals surface area contributed by atoms with Crippen molar-refractivity contribution in [3.8, 4) is 5.75 Å². The van der Waals surface area contributed by atoms with E-state index in [1.54, 1.807) is 12.0 Å². The van der Waals surface area contributed by atoms with Gasteiger partial charge in [-0.2, -0.15) is 0 Å². The number of nitrogens with zero attached hydrogens (tertiary/aromatic N) is 2. The van der Waals surface area contributed by atoms with Crippen molar-refractivity contribution in [2.24, 2.45) is 0 Å². The van der Waals surface area contributed by atoms with E-state index >= 15 is 0 Å². The molecule has 0 saturated heterocycles. The molecule has 0 radical (unpaired) electrons. The van der Waals surface area contributed by atoms with Gasteiger partial charge in [0.1, 0.15) is 23.2 Å². The van der Waals surface area contributed by atoms with Crippen molar-refractivity contribution >= 4 is 44.1 Å². The quantitative estimate of drug-likeness (QED) is 0.619. The first-order chi connectivity index (χ1) is 12.1. The first-order valence-electron chi connectivity index (χ1n) is 7.65. The van der Waals surface area contributed by atoms with Crippen LogP contribution in [0.4, 0.5) is 5.69 Å². The molecule has 0 aliphatic carbocycles. The van der Waals surface area contributed by atoms with Crippen LogP contribution in [-0.2, 0) is 0 Å². The van der Waals surface area contributed by atoms with Gasteiger partial charge in [0.2, 0.25) is 0 Å². The van der Waals surface area contributed by atoms with Crippen molar-refractivity contribution in [3.05, 3.63) is 58.5 Å². The summed E-state index contributed by atoms with van der Waals surface area (Å²) in [5, 5.41) is 18.9. The number of H-pyrrole nitrogens is 1. The third-order valence-electron chi connectivity index (χ3n) is 4.15. The highest BCUT2D eigenvalue weighted by atomic mass is 79.9. The average Bonchev–Trinajstić information content (AvgIpc) is 3.14. The number of aromatic amines is 1. The Bertz CT molecular complexity index is 1020. The number of benzene rings is 2. The number of aromatic nitrogens is 2. The molecular weight excluding hydrogens is 384 g/mol. The van der Waals surface area contributed by atoms with E-state index in [0.29, 0.717) is 11.4 Å². The Morgan fingerprint density at radius 3 is 2.88 bits per heavy atom.